The van der Waals surface area contributed by atoms with Crippen molar-refractivity contribution in [2.75, 3.05) is 13.7 Å². The van der Waals surface area contributed by atoms with E-state index in [-0.39, 0.29) is 5.56 Å². The summed E-state index contributed by atoms with van der Waals surface area (Å²) in [5.41, 5.74) is 1.56. The highest BCUT2D eigenvalue weighted by Gasteiger charge is 2.15. The number of hydrogen-bond acceptors (Lipinski definition) is 5. The Bertz CT molecular complexity index is 1040. The van der Waals surface area contributed by atoms with Gasteiger partial charge in [-0.1, -0.05) is 19.8 Å². The zero-order valence-corrected chi connectivity index (χ0v) is 17.1. The molecule has 0 aliphatic heterocycles. The van der Waals surface area contributed by atoms with Crippen molar-refractivity contribution in [1.82, 2.24) is 14.5 Å². The average molecular weight is 400 g/mol. The lowest BCUT2D eigenvalue weighted by Gasteiger charge is -2.15. The lowest BCUT2D eigenvalue weighted by Crippen LogP contribution is -2.23. The van der Waals surface area contributed by atoms with Gasteiger partial charge >= 0.3 is 0 Å². The second-order valence-electron chi connectivity index (χ2n) is 6.57. The van der Waals surface area contributed by atoms with Crippen LogP contribution in [0.4, 0.5) is 0 Å². The van der Waals surface area contributed by atoms with Crippen molar-refractivity contribution in [3.8, 4) is 11.5 Å². The topological polar surface area (TPSA) is 69.1 Å². The van der Waals surface area contributed by atoms with Crippen molar-refractivity contribution >= 4 is 23.1 Å². The summed E-state index contributed by atoms with van der Waals surface area (Å²) in [6.45, 7) is 3.20. The van der Waals surface area contributed by atoms with E-state index in [1.807, 2.05) is 12.1 Å². The highest BCUT2D eigenvalue weighted by molar-refractivity contribution is 7.71. The molecule has 0 saturated heterocycles. The van der Waals surface area contributed by atoms with Crippen molar-refractivity contribution in [3.05, 3.63) is 57.3 Å². The van der Waals surface area contributed by atoms with Crippen LogP contribution in [-0.2, 0) is 13.0 Å². The van der Waals surface area contributed by atoms with Crippen molar-refractivity contribution in [2.45, 2.75) is 39.2 Å². The van der Waals surface area contributed by atoms with Gasteiger partial charge in [0.1, 0.15) is 0 Å². The molecule has 0 unspecified atom stereocenters. The Morgan fingerprint density at radius 2 is 1.96 bits per heavy atom. The van der Waals surface area contributed by atoms with Crippen LogP contribution >= 0.6 is 12.2 Å². The number of rotatable bonds is 9. The van der Waals surface area contributed by atoms with Crippen LogP contribution in [0.1, 0.15) is 31.7 Å². The normalized spacial score (nSPS) is 10.9. The molecule has 0 amide bonds. The molecule has 1 N–H and O–H groups in total. The standard InChI is InChI=1S/C21H25N3O3S/c1-3-4-5-14-27-19-17(26-2)7-6-16-18(19)23-21(28)24(20(16)25)13-10-15-8-11-22-12-9-15/h6-9,11-12H,3-5,10,13-14H2,1-2H3,(H,23,28). The summed E-state index contributed by atoms with van der Waals surface area (Å²) in [4.78, 5) is 20.3. The zero-order chi connectivity index (χ0) is 19.9. The number of H-pyrrole nitrogens is 1. The number of fused-ring (bicyclic) bond motifs is 1. The third-order valence-electron chi connectivity index (χ3n) is 4.66. The maximum Gasteiger partial charge on any atom is 0.262 e. The van der Waals surface area contributed by atoms with Crippen LogP contribution in [0.2, 0.25) is 0 Å². The van der Waals surface area contributed by atoms with Crippen molar-refractivity contribution in [2.24, 2.45) is 0 Å². The van der Waals surface area contributed by atoms with Crippen LogP contribution in [0.15, 0.2) is 41.5 Å². The Labute approximate surface area is 169 Å². The quantitative estimate of drug-likeness (QED) is 0.430. The first-order valence-electron chi connectivity index (χ1n) is 9.51. The van der Waals surface area contributed by atoms with Crippen LogP contribution in [0.5, 0.6) is 11.5 Å². The molecular weight excluding hydrogens is 374 g/mol. The molecule has 2 heterocycles. The monoisotopic (exact) mass is 399 g/mol. The minimum Gasteiger partial charge on any atom is -0.493 e. The fraction of sp³-hybridized carbons (Fsp3) is 0.381. The number of aromatic nitrogens is 3. The molecule has 6 nitrogen and oxygen atoms in total. The molecule has 0 bridgehead atoms. The second-order valence-corrected chi connectivity index (χ2v) is 6.95. The SMILES string of the molecule is CCCCCOc1c(OC)ccc2c(=O)n(CCc3ccncc3)c(=S)[nH]c12. The van der Waals surface area contributed by atoms with E-state index >= 15 is 0 Å². The largest absolute Gasteiger partial charge is 0.493 e. The first-order valence-corrected chi connectivity index (χ1v) is 9.92. The van der Waals surface area contributed by atoms with Gasteiger partial charge in [0.2, 0.25) is 0 Å². The molecule has 7 heteroatoms. The Morgan fingerprint density at radius 3 is 2.68 bits per heavy atom. The van der Waals surface area contributed by atoms with Gasteiger partial charge in [-0.15, -0.1) is 0 Å². The number of nitrogens with one attached hydrogen (secondary N) is 1. The molecule has 3 rings (SSSR count). The van der Waals surface area contributed by atoms with Gasteiger partial charge in [0.25, 0.3) is 5.56 Å². The Balaban J connectivity index is 1.96. The van der Waals surface area contributed by atoms with E-state index in [0.717, 1.165) is 24.8 Å². The van der Waals surface area contributed by atoms with E-state index in [2.05, 4.69) is 16.9 Å². The van der Waals surface area contributed by atoms with E-state index in [1.165, 1.54) is 0 Å². The molecule has 28 heavy (non-hydrogen) atoms. The summed E-state index contributed by atoms with van der Waals surface area (Å²) in [7, 11) is 1.59. The molecule has 0 atom stereocenters. The summed E-state index contributed by atoms with van der Waals surface area (Å²) >= 11 is 5.47. The Kier molecular flexibility index (Phi) is 6.81. The smallest absolute Gasteiger partial charge is 0.262 e. The van der Waals surface area contributed by atoms with E-state index < -0.39 is 0 Å². The number of ether oxygens (including phenoxy) is 2. The number of nitrogens with zero attached hydrogens (tertiary/aromatic N) is 2. The summed E-state index contributed by atoms with van der Waals surface area (Å²) in [5, 5.41) is 0.537. The molecule has 2 aromatic heterocycles. The lowest BCUT2D eigenvalue weighted by molar-refractivity contribution is 0.289. The number of methoxy groups -OCH3 is 1. The van der Waals surface area contributed by atoms with Crippen molar-refractivity contribution in [3.63, 3.8) is 0 Å². The number of unbranched alkanes of at least 4 members (excludes halogenated alkanes) is 2. The first kappa shape index (κ1) is 20.1. The minimum absolute atomic E-state index is 0.131. The van der Waals surface area contributed by atoms with Gasteiger partial charge in [-0.2, -0.15) is 0 Å². The summed E-state index contributed by atoms with van der Waals surface area (Å²) in [6, 6.07) is 7.39. The van der Waals surface area contributed by atoms with Crippen molar-refractivity contribution in [1.29, 1.82) is 0 Å². The average Bonchev–Trinajstić information content (AvgIpc) is 2.72. The molecule has 1 aromatic carbocycles. The fourth-order valence-corrected chi connectivity index (χ4v) is 3.38. The third-order valence-corrected chi connectivity index (χ3v) is 4.98. The number of pyridine rings is 1. The minimum atomic E-state index is -0.131. The van der Waals surface area contributed by atoms with E-state index in [9.17, 15) is 4.79 Å². The summed E-state index contributed by atoms with van der Waals surface area (Å²) in [5.74, 6) is 1.13. The molecule has 0 radical (unpaired) electrons. The number of hydrogen-bond donors (Lipinski definition) is 1. The molecule has 148 valence electrons. The zero-order valence-electron chi connectivity index (χ0n) is 16.2. The van der Waals surface area contributed by atoms with Crippen LogP contribution in [0, 0.1) is 4.77 Å². The molecule has 0 spiro atoms. The highest BCUT2D eigenvalue weighted by atomic mass is 32.1. The van der Waals surface area contributed by atoms with Gasteiger partial charge in [-0.05, 0) is 54.9 Å². The number of benzene rings is 1. The highest BCUT2D eigenvalue weighted by Crippen LogP contribution is 2.33. The third kappa shape index (κ3) is 4.42. The van der Waals surface area contributed by atoms with Crippen LogP contribution in [0.25, 0.3) is 10.9 Å². The van der Waals surface area contributed by atoms with Gasteiger partial charge in [0.05, 0.1) is 24.6 Å². The van der Waals surface area contributed by atoms with Crippen LogP contribution in [0.3, 0.4) is 0 Å². The predicted octanol–water partition coefficient (Wildman–Crippen LogP) is 4.27. The maximum atomic E-state index is 13.1. The Morgan fingerprint density at radius 1 is 1.18 bits per heavy atom. The Hall–Kier alpha value is -2.67. The van der Waals surface area contributed by atoms with Crippen molar-refractivity contribution < 1.29 is 9.47 Å². The molecule has 3 aromatic rings. The van der Waals surface area contributed by atoms with E-state index in [4.69, 9.17) is 21.7 Å². The second kappa shape index (κ2) is 9.50. The van der Waals surface area contributed by atoms with Gasteiger partial charge in [-0.3, -0.25) is 14.3 Å². The number of aryl methyl sites for hydroxylation is 1. The predicted molar refractivity (Wildman–Crippen MR) is 113 cm³/mol. The molecule has 0 fully saturated rings. The maximum absolute atomic E-state index is 13.1. The van der Waals surface area contributed by atoms with Crippen LogP contribution in [-0.4, -0.2) is 28.3 Å². The summed E-state index contributed by atoms with van der Waals surface area (Å²) in [6.07, 6.45) is 7.33. The summed E-state index contributed by atoms with van der Waals surface area (Å²) < 4.78 is 13.4. The number of aromatic amines is 1. The van der Waals surface area contributed by atoms with E-state index in [1.54, 1.807) is 36.2 Å². The van der Waals surface area contributed by atoms with Gasteiger partial charge in [0.15, 0.2) is 16.3 Å². The fourth-order valence-electron chi connectivity index (χ4n) is 3.10. The van der Waals surface area contributed by atoms with E-state index in [0.29, 0.717) is 46.7 Å². The van der Waals surface area contributed by atoms with Crippen LogP contribution < -0.4 is 15.0 Å². The molecule has 0 saturated carbocycles. The first-order chi connectivity index (χ1) is 13.7. The van der Waals surface area contributed by atoms with Gasteiger partial charge < -0.3 is 14.5 Å². The van der Waals surface area contributed by atoms with Gasteiger partial charge in [0, 0.05) is 18.9 Å². The lowest BCUT2D eigenvalue weighted by atomic mass is 10.2. The van der Waals surface area contributed by atoms with Gasteiger partial charge in [-0.25, -0.2) is 0 Å². The molecule has 0 aliphatic rings. The molecule has 0 aliphatic carbocycles. The molecular formula is C21H25N3O3S.